The Morgan fingerprint density at radius 3 is 0.934 bits per heavy atom. The third kappa shape index (κ3) is 61.3. The van der Waals surface area contributed by atoms with Crippen molar-refractivity contribution in [3.05, 3.63) is 36.5 Å². The molecule has 448 valence electrons. The van der Waals surface area contributed by atoms with Crippen molar-refractivity contribution in [1.82, 2.24) is 5.32 Å². The molecular formula is C70H133NO5. The van der Waals surface area contributed by atoms with Gasteiger partial charge in [-0.3, -0.25) is 9.59 Å². The normalized spacial score (nSPS) is 12.7. The topological polar surface area (TPSA) is 95.9 Å². The van der Waals surface area contributed by atoms with Crippen LogP contribution in [0, 0.1) is 0 Å². The summed E-state index contributed by atoms with van der Waals surface area (Å²) < 4.78 is 5.51. The first-order valence-corrected chi connectivity index (χ1v) is 34.3. The Kier molecular flexibility index (Phi) is 63.9. The van der Waals surface area contributed by atoms with Gasteiger partial charge in [-0.15, -0.1) is 0 Å². The van der Waals surface area contributed by atoms with E-state index in [1.807, 2.05) is 6.08 Å². The zero-order valence-electron chi connectivity index (χ0n) is 51.3. The molecule has 0 rings (SSSR count). The molecule has 2 atom stereocenters. The van der Waals surface area contributed by atoms with Crippen LogP contribution in [0.15, 0.2) is 36.5 Å². The van der Waals surface area contributed by atoms with Crippen LogP contribution in [0.2, 0.25) is 0 Å². The van der Waals surface area contributed by atoms with Gasteiger partial charge in [-0.25, -0.2) is 0 Å². The Balaban J connectivity index is 3.38. The molecule has 0 saturated carbocycles. The number of esters is 1. The number of carbonyl (C=O) groups excluding carboxylic acids is 2. The second-order valence-corrected chi connectivity index (χ2v) is 23.5. The van der Waals surface area contributed by atoms with Crippen LogP contribution in [0.25, 0.3) is 0 Å². The minimum Gasteiger partial charge on any atom is -0.466 e. The maximum atomic E-state index is 12.5. The molecule has 0 bridgehead atoms. The number of aliphatic hydroxyl groups excluding tert-OH is 2. The lowest BCUT2D eigenvalue weighted by atomic mass is 10.0. The van der Waals surface area contributed by atoms with Crippen LogP contribution in [0.1, 0.15) is 373 Å². The van der Waals surface area contributed by atoms with E-state index in [1.54, 1.807) is 6.08 Å². The van der Waals surface area contributed by atoms with Gasteiger partial charge in [0.25, 0.3) is 0 Å². The van der Waals surface area contributed by atoms with E-state index in [0.29, 0.717) is 19.4 Å². The average molecular weight is 1070 g/mol. The van der Waals surface area contributed by atoms with E-state index in [0.717, 1.165) is 44.9 Å². The standard InChI is InChI=1S/C70H133NO5/c1-3-5-7-9-11-13-15-17-19-20-29-33-36-40-44-48-52-56-60-64-70(75)76-65-61-57-53-49-45-41-37-34-31-28-26-24-22-21-23-25-27-30-32-35-39-43-47-51-55-59-63-69(74)71-67(66-72)68(73)62-58-54-50-46-42-38-18-16-14-12-10-8-6-4-2/h17,19,21,23,58,62,67-68,72-73H,3-16,18,20,22,24-57,59-61,63-66H2,1-2H3,(H,71,74)/b19-17-,23-21-,62-58+. The minimum absolute atomic E-state index is 0.0138. The highest BCUT2D eigenvalue weighted by Gasteiger charge is 2.18. The zero-order chi connectivity index (χ0) is 55.0. The first-order valence-electron chi connectivity index (χ1n) is 34.3. The fraction of sp³-hybridized carbons (Fsp3) is 0.886. The van der Waals surface area contributed by atoms with Crippen LogP contribution in [0.3, 0.4) is 0 Å². The molecule has 0 fully saturated rings. The van der Waals surface area contributed by atoms with Crippen molar-refractivity contribution in [2.75, 3.05) is 13.2 Å². The van der Waals surface area contributed by atoms with E-state index < -0.39 is 12.1 Å². The predicted octanol–water partition coefficient (Wildman–Crippen LogP) is 21.9. The third-order valence-electron chi connectivity index (χ3n) is 15.9. The molecule has 0 aliphatic heterocycles. The Hall–Kier alpha value is -1.92. The Morgan fingerprint density at radius 1 is 0.355 bits per heavy atom. The lowest BCUT2D eigenvalue weighted by molar-refractivity contribution is -0.143. The van der Waals surface area contributed by atoms with Crippen LogP contribution >= 0.6 is 0 Å². The first kappa shape index (κ1) is 74.1. The molecule has 0 aliphatic carbocycles. The van der Waals surface area contributed by atoms with Crippen molar-refractivity contribution in [2.24, 2.45) is 0 Å². The summed E-state index contributed by atoms with van der Waals surface area (Å²) in [7, 11) is 0. The number of hydrogen-bond donors (Lipinski definition) is 3. The summed E-state index contributed by atoms with van der Waals surface area (Å²) in [6.07, 6.45) is 83.6. The van der Waals surface area contributed by atoms with Gasteiger partial charge in [-0.05, 0) is 83.5 Å². The minimum atomic E-state index is -0.845. The predicted molar refractivity (Wildman–Crippen MR) is 333 cm³/mol. The zero-order valence-corrected chi connectivity index (χ0v) is 51.3. The van der Waals surface area contributed by atoms with Crippen LogP contribution in [-0.2, 0) is 14.3 Å². The highest BCUT2D eigenvalue weighted by atomic mass is 16.5. The van der Waals surface area contributed by atoms with E-state index in [1.165, 1.54) is 302 Å². The SMILES string of the molecule is CCCCCCCC/C=C\CCCCCCCCCCCC(=O)OCCCCCCCCCCCCCC/C=C\CCCCCCCCCCCCC(=O)NC(CO)C(O)/C=C/CCCCCCCCCCCCCC. The van der Waals surface area contributed by atoms with E-state index >= 15 is 0 Å². The van der Waals surface area contributed by atoms with E-state index in [2.05, 4.69) is 43.5 Å². The summed E-state index contributed by atoms with van der Waals surface area (Å²) in [5.74, 6) is -0.0547. The monoisotopic (exact) mass is 1070 g/mol. The lowest BCUT2D eigenvalue weighted by Gasteiger charge is -2.20. The van der Waals surface area contributed by atoms with Crippen LogP contribution in [0.5, 0.6) is 0 Å². The summed E-state index contributed by atoms with van der Waals surface area (Å²) in [6, 6.07) is -0.629. The molecule has 6 heteroatoms. The summed E-state index contributed by atoms with van der Waals surface area (Å²) in [5, 5.41) is 23.1. The van der Waals surface area contributed by atoms with E-state index in [-0.39, 0.29) is 18.5 Å². The van der Waals surface area contributed by atoms with Gasteiger partial charge in [0.2, 0.25) is 5.91 Å². The highest BCUT2D eigenvalue weighted by Crippen LogP contribution is 2.18. The van der Waals surface area contributed by atoms with Gasteiger partial charge in [0.15, 0.2) is 0 Å². The van der Waals surface area contributed by atoms with Gasteiger partial charge in [0.1, 0.15) is 0 Å². The number of amides is 1. The molecule has 0 radical (unpaired) electrons. The molecule has 0 aliphatic rings. The number of ether oxygens (including phenoxy) is 1. The van der Waals surface area contributed by atoms with Crippen molar-refractivity contribution in [3.8, 4) is 0 Å². The number of hydrogen-bond acceptors (Lipinski definition) is 5. The molecule has 0 aromatic rings. The van der Waals surface area contributed by atoms with Crippen LogP contribution < -0.4 is 5.32 Å². The summed E-state index contributed by atoms with van der Waals surface area (Å²) in [5.41, 5.74) is 0. The van der Waals surface area contributed by atoms with Gasteiger partial charge in [0.05, 0.1) is 25.4 Å². The molecule has 2 unspecified atom stereocenters. The average Bonchev–Trinajstić information content (AvgIpc) is 3.42. The van der Waals surface area contributed by atoms with Gasteiger partial charge in [-0.1, -0.05) is 314 Å². The smallest absolute Gasteiger partial charge is 0.305 e. The second kappa shape index (κ2) is 65.6. The second-order valence-electron chi connectivity index (χ2n) is 23.5. The Bertz CT molecular complexity index is 1230. The Labute approximate surface area is 474 Å². The van der Waals surface area contributed by atoms with Crippen LogP contribution in [-0.4, -0.2) is 47.4 Å². The molecule has 1 amide bonds. The summed E-state index contributed by atoms with van der Waals surface area (Å²) >= 11 is 0. The van der Waals surface area contributed by atoms with Crippen molar-refractivity contribution < 1.29 is 24.5 Å². The number of carbonyl (C=O) groups is 2. The number of allylic oxidation sites excluding steroid dienone is 5. The largest absolute Gasteiger partial charge is 0.466 e. The van der Waals surface area contributed by atoms with E-state index in [4.69, 9.17) is 4.74 Å². The third-order valence-corrected chi connectivity index (χ3v) is 15.9. The maximum absolute atomic E-state index is 12.5. The molecule has 0 aromatic carbocycles. The Morgan fingerprint density at radius 2 is 0.618 bits per heavy atom. The molecule has 0 aromatic heterocycles. The van der Waals surface area contributed by atoms with Crippen molar-refractivity contribution in [3.63, 3.8) is 0 Å². The van der Waals surface area contributed by atoms with Gasteiger partial charge >= 0.3 is 5.97 Å². The molecule has 0 saturated heterocycles. The first-order chi connectivity index (χ1) is 37.5. The lowest BCUT2D eigenvalue weighted by Crippen LogP contribution is -2.45. The van der Waals surface area contributed by atoms with Gasteiger partial charge < -0.3 is 20.3 Å². The number of nitrogens with one attached hydrogen (secondary N) is 1. The molecular weight excluding hydrogens is 935 g/mol. The molecule has 6 nitrogen and oxygen atoms in total. The van der Waals surface area contributed by atoms with Crippen molar-refractivity contribution >= 4 is 11.9 Å². The summed E-state index contributed by atoms with van der Waals surface area (Å²) in [6.45, 7) is 4.92. The van der Waals surface area contributed by atoms with E-state index in [9.17, 15) is 19.8 Å². The quantitative estimate of drug-likeness (QED) is 0.0320. The maximum Gasteiger partial charge on any atom is 0.305 e. The molecule has 0 heterocycles. The number of aliphatic hydroxyl groups is 2. The number of rotatable bonds is 64. The fourth-order valence-corrected chi connectivity index (χ4v) is 10.6. The molecule has 3 N–H and O–H groups in total. The van der Waals surface area contributed by atoms with Crippen molar-refractivity contribution in [2.45, 2.75) is 386 Å². The fourth-order valence-electron chi connectivity index (χ4n) is 10.6. The van der Waals surface area contributed by atoms with Gasteiger partial charge in [0, 0.05) is 12.8 Å². The molecule has 76 heavy (non-hydrogen) atoms. The number of unbranched alkanes of at least 4 members (excludes halogenated alkanes) is 49. The van der Waals surface area contributed by atoms with Crippen LogP contribution in [0.4, 0.5) is 0 Å². The van der Waals surface area contributed by atoms with Crippen molar-refractivity contribution in [1.29, 1.82) is 0 Å². The highest BCUT2D eigenvalue weighted by molar-refractivity contribution is 5.76. The summed E-state index contributed by atoms with van der Waals surface area (Å²) in [4.78, 5) is 24.6. The van der Waals surface area contributed by atoms with Gasteiger partial charge in [-0.2, -0.15) is 0 Å². The molecule has 0 spiro atoms.